The molecule has 23 heavy (non-hydrogen) atoms. The lowest BCUT2D eigenvalue weighted by molar-refractivity contribution is -0.121. The van der Waals surface area contributed by atoms with E-state index in [9.17, 15) is 4.79 Å². The number of nitrogens with zero attached hydrogens (tertiary/aromatic N) is 1. The molecule has 0 aromatic carbocycles. The van der Waals surface area contributed by atoms with Gasteiger partial charge in [0.15, 0.2) is 0 Å². The maximum atomic E-state index is 11.8. The lowest BCUT2D eigenvalue weighted by Crippen LogP contribution is -2.56. The zero-order valence-electron chi connectivity index (χ0n) is 15.2. The van der Waals surface area contributed by atoms with Crippen LogP contribution in [0.4, 0.5) is 0 Å². The lowest BCUT2D eigenvalue weighted by Gasteiger charge is -2.45. The van der Waals surface area contributed by atoms with Gasteiger partial charge in [-0.3, -0.25) is 9.69 Å². The Morgan fingerprint density at radius 1 is 1.22 bits per heavy atom. The Balaban J connectivity index is 0. The topological polar surface area (TPSA) is 53.6 Å². The lowest BCUT2D eigenvalue weighted by atomic mass is 9.88. The van der Waals surface area contributed by atoms with Gasteiger partial charge in [-0.25, -0.2) is 0 Å². The Kier molecular flexibility index (Phi) is 13.5. The molecule has 2 unspecified atom stereocenters. The summed E-state index contributed by atoms with van der Waals surface area (Å²) in [5.41, 5.74) is 0.00509. The number of nitrogens with one attached hydrogen (secondary N) is 2. The predicted octanol–water partition coefficient (Wildman–Crippen LogP) is 1.94. The van der Waals surface area contributed by atoms with Gasteiger partial charge in [0, 0.05) is 38.8 Å². The molecule has 1 amide bonds. The summed E-state index contributed by atoms with van der Waals surface area (Å²) in [5, 5.41) is 6.11. The zero-order valence-corrected chi connectivity index (χ0v) is 16.8. The van der Waals surface area contributed by atoms with Crippen molar-refractivity contribution in [1.29, 1.82) is 0 Å². The van der Waals surface area contributed by atoms with E-state index >= 15 is 0 Å². The van der Waals surface area contributed by atoms with Gasteiger partial charge in [0.25, 0.3) is 0 Å². The predicted molar refractivity (Wildman–Crippen MR) is 101 cm³/mol. The third-order valence-electron chi connectivity index (χ3n) is 4.21. The van der Waals surface area contributed by atoms with Gasteiger partial charge in [-0.05, 0) is 32.1 Å². The first-order chi connectivity index (χ1) is 9.85. The molecule has 1 rings (SSSR count). The number of amides is 1. The van der Waals surface area contributed by atoms with E-state index in [1.807, 2.05) is 0 Å². The van der Waals surface area contributed by atoms with Gasteiger partial charge in [0.1, 0.15) is 0 Å². The van der Waals surface area contributed by atoms with Gasteiger partial charge in [0.05, 0.1) is 13.2 Å². The Hall–Kier alpha value is -0.0700. The molecule has 0 aliphatic carbocycles. The number of likely N-dealkylation sites (tertiary alicyclic amines) is 1. The van der Waals surface area contributed by atoms with Crippen molar-refractivity contribution in [2.24, 2.45) is 11.8 Å². The molecule has 2 N–H and O–H groups in total. The highest BCUT2D eigenvalue weighted by Crippen LogP contribution is 2.26. The molecule has 0 radical (unpaired) electrons. The van der Waals surface area contributed by atoms with Gasteiger partial charge >= 0.3 is 0 Å². The van der Waals surface area contributed by atoms with Crippen molar-refractivity contribution >= 4 is 30.7 Å². The number of hydrogen-bond donors (Lipinski definition) is 2. The molecule has 1 fully saturated rings. The first-order valence-corrected chi connectivity index (χ1v) is 8.06. The van der Waals surface area contributed by atoms with Crippen LogP contribution in [-0.4, -0.2) is 62.8 Å². The fraction of sp³-hybridized carbons (Fsp3) is 0.938. The number of ether oxygens (including phenoxy) is 1. The second kappa shape index (κ2) is 12.3. The Morgan fingerprint density at radius 2 is 1.78 bits per heavy atom. The van der Waals surface area contributed by atoms with E-state index in [2.05, 4.69) is 43.2 Å². The molecule has 7 heteroatoms. The van der Waals surface area contributed by atoms with Crippen molar-refractivity contribution in [3.63, 3.8) is 0 Å². The van der Waals surface area contributed by atoms with Crippen LogP contribution in [-0.2, 0) is 9.53 Å². The molecule has 140 valence electrons. The normalized spacial score (nSPS) is 22.0. The second-order valence-electron chi connectivity index (χ2n) is 7.11. The molecule has 0 saturated carbocycles. The van der Waals surface area contributed by atoms with Crippen LogP contribution in [0.3, 0.4) is 0 Å². The maximum Gasteiger partial charge on any atom is 0.234 e. The average Bonchev–Trinajstić information content (AvgIpc) is 2.40. The van der Waals surface area contributed by atoms with Crippen molar-refractivity contribution in [3.8, 4) is 0 Å². The molecular weight excluding hydrogens is 337 g/mol. The van der Waals surface area contributed by atoms with E-state index < -0.39 is 0 Å². The number of hydrogen-bond acceptors (Lipinski definition) is 4. The monoisotopic (exact) mass is 371 g/mol. The van der Waals surface area contributed by atoms with Crippen LogP contribution < -0.4 is 10.6 Å². The average molecular weight is 372 g/mol. The first-order valence-electron chi connectivity index (χ1n) is 8.06. The minimum atomic E-state index is 0. The number of methoxy groups -OCH3 is 1. The molecule has 1 heterocycles. The van der Waals surface area contributed by atoms with Crippen molar-refractivity contribution in [3.05, 3.63) is 0 Å². The summed E-state index contributed by atoms with van der Waals surface area (Å²) in [6, 6.07) is 0. The van der Waals surface area contributed by atoms with Crippen LogP contribution in [0.2, 0.25) is 0 Å². The summed E-state index contributed by atoms with van der Waals surface area (Å²) in [6.45, 7) is 13.7. The molecule has 1 aliphatic heterocycles. The highest BCUT2D eigenvalue weighted by Gasteiger charge is 2.32. The highest BCUT2D eigenvalue weighted by atomic mass is 35.5. The second-order valence-corrected chi connectivity index (χ2v) is 7.11. The van der Waals surface area contributed by atoms with Crippen LogP contribution in [0.1, 0.15) is 34.1 Å². The van der Waals surface area contributed by atoms with E-state index in [0.29, 0.717) is 26.2 Å². The summed E-state index contributed by atoms with van der Waals surface area (Å²) >= 11 is 0. The summed E-state index contributed by atoms with van der Waals surface area (Å²) in [4.78, 5) is 14.3. The van der Waals surface area contributed by atoms with E-state index in [1.54, 1.807) is 7.11 Å². The summed E-state index contributed by atoms with van der Waals surface area (Å²) < 4.78 is 4.94. The minimum Gasteiger partial charge on any atom is -0.383 e. The van der Waals surface area contributed by atoms with Crippen molar-refractivity contribution < 1.29 is 9.53 Å². The van der Waals surface area contributed by atoms with Crippen molar-refractivity contribution in [1.82, 2.24) is 15.5 Å². The molecule has 0 bridgehead atoms. The molecule has 0 aromatic heterocycles. The van der Waals surface area contributed by atoms with Gasteiger partial charge < -0.3 is 15.4 Å². The Labute approximate surface area is 154 Å². The van der Waals surface area contributed by atoms with E-state index in [-0.39, 0.29) is 36.3 Å². The quantitative estimate of drug-likeness (QED) is 0.640. The molecule has 0 aromatic rings. The maximum absolute atomic E-state index is 11.8. The highest BCUT2D eigenvalue weighted by molar-refractivity contribution is 5.85. The Morgan fingerprint density at radius 3 is 2.30 bits per heavy atom. The van der Waals surface area contributed by atoms with Gasteiger partial charge in [-0.15, -0.1) is 24.8 Å². The fourth-order valence-electron chi connectivity index (χ4n) is 3.02. The fourth-order valence-corrected chi connectivity index (χ4v) is 3.02. The van der Waals surface area contributed by atoms with Crippen molar-refractivity contribution in [2.75, 3.05) is 46.4 Å². The number of carbonyl (C=O) groups is 1. The molecule has 2 atom stereocenters. The smallest absolute Gasteiger partial charge is 0.234 e. The van der Waals surface area contributed by atoms with E-state index in [1.165, 1.54) is 6.42 Å². The summed E-state index contributed by atoms with van der Waals surface area (Å²) in [5.74, 6) is 1.52. The van der Waals surface area contributed by atoms with E-state index in [4.69, 9.17) is 4.74 Å². The summed E-state index contributed by atoms with van der Waals surface area (Å²) in [6.07, 6.45) is 1.31. The van der Waals surface area contributed by atoms with Gasteiger partial charge in [-0.1, -0.05) is 13.8 Å². The largest absolute Gasteiger partial charge is 0.383 e. The summed E-state index contributed by atoms with van der Waals surface area (Å²) in [7, 11) is 1.66. The third-order valence-corrected chi connectivity index (χ3v) is 4.21. The Bertz CT molecular complexity index is 320. The van der Waals surface area contributed by atoms with Gasteiger partial charge in [0.2, 0.25) is 5.91 Å². The SMILES string of the molecule is COCCNCC(=O)NCC(C)(C)N1CC(C)CC(C)C1.Cl.Cl. The zero-order chi connectivity index (χ0) is 15.9. The van der Waals surface area contributed by atoms with Crippen LogP contribution in [0, 0.1) is 11.8 Å². The molecule has 1 saturated heterocycles. The number of carbonyl (C=O) groups excluding carboxylic acids is 1. The number of piperidine rings is 1. The van der Waals surface area contributed by atoms with Crippen LogP contribution in [0.15, 0.2) is 0 Å². The van der Waals surface area contributed by atoms with Crippen LogP contribution in [0.5, 0.6) is 0 Å². The van der Waals surface area contributed by atoms with Gasteiger partial charge in [-0.2, -0.15) is 0 Å². The molecular formula is C16H35Cl2N3O2. The van der Waals surface area contributed by atoms with Crippen LogP contribution in [0.25, 0.3) is 0 Å². The first kappa shape index (κ1) is 25.2. The molecule has 5 nitrogen and oxygen atoms in total. The van der Waals surface area contributed by atoms with Crippen molar-refractivity contribution in [2.45, 2.75) is 39.7 Å². The molecule has 0 spiro atoms. The third kappa shape index (κ3) is 9.72. The minimum absolute atomic E-state index is 0. The van der Waals surface area contributed by atoms with E-state index in [0.717, 1.165) is 24.9 Å². The standard InChI is InChI=1S/C16H33N3O2.2ClH/c1-13-8-14(2)11-19(10-13)16(3,4)12-18-15(20)9-17-6-7-21-5;;/h13-14,17H,6-12H2,1-5H3,(H,18,20);2*1H. The number of rotatable bonds is 8. The number of halogens is 2. The van der Waals surface area contributed by atoms with Crippen LogP contribution >= 0.6 is 24.8 Å². The molecule has 1 aliphatic rings.